The van der Waals surface area contributed by atoms with Crippen LogP contribution in [0.1, 0.15) is 18.5 Å². The molecule has 2 aliphatic rings. The summed E-state index contributed by atoms with van der Waals surface area (Å²) in [4.78, 5) is 6.94. The summed E-state index contributed by atoms with van der Waals surface area (Å²) in [7, 11) is 0. The standard InChI is InChI=1S/C13H19N3OS/c18-9-11-7-12(16-3-5-17-6-4-16)8-13(15-11)14-10-1-2-10/h7-8,10,18H,1-6,9H2,(H,14,15). The zero-order valence-corrected chi connectivity index (χ0v) is 11.3. The SMILES string of the molecule is SCc1cc(N2CCOCC2)cc(NC2CC2)n1. The van der Waals surface area contributed by atoms with Gasteiger partial charge in [0.05, 0.1) is 18.9 Å². The van der Waals surface area contributed by atoms with E-state index >= 15 is 0 Å². The smallest absolute Gasteiger partial charge is 0.128 e. The highest BCUT2D eigenvalue weighted by Crippen LogP contribution is 2.27. The van der Waals surface area contributed by atoms with E-state index in [1.807, 2.05) is 0 Å². The average Bonchev–Trinajstić information content (AvgIpc) is 3.23. The van der Waals surface area contributed by atoms with E-state index in [9.17, 15) is 0 Å². The zero-order chi connectivity index (χ0) is 12.4. The molecule has 1 saturated heterocycles. The molecule has 98 valence electrons. The molecule has 18 heavy (non-hydrogen) atoms. The molecule has 1 N–H and O–H groups in total. The highest BCUT2D eigenvalue weighted by atomic mass is 32.1. The molecule has 0 amide bonds. The number of aromatic nitrogens is 1. The number of ether oxygens (including phenoxy) is 1. The number of nitrogens with zero attached hydrogens (tertiary/aromatic N) is 2. The third kappa shape index (κ3) is 2.90. The number of pyridine rings is 1. The number of anilines is 2. The molecule has 0 bridgehead atoms. The van der Waals surface area contributed by atoms with Crippen LogP contribution >= 0.6 is 12.6 Å². The molecule has 0 unspecified atom stereocenters. The van der Waals surface area contributed by atoms with Gasteiger partial charge in [0.25, 0.3) is 0 Å². The van der Waals surface area contributed by atoms with Crippen LogP contribution in [0.3, 0.4) is 0 Å². The van der Waals surface area contributed by atoms with Crippen molar-refractivity contribution >= 4 is 24.1 Å². The van der Waals surface area contributed by atoms with Gasteiger partial charge >= 0.3 is 0 Å². The summed E-state index contributed by atoms with van der Waals surface area (Å²) in [5.74, 6) is 1.67. The van der Waals surface area contributed by atoms with Gasteiger partial charge in [0.2, 0.25) is 0 Å². The van der Waals surface area contributed by atoms with Crippen molar-refractivity contribution in [1.29, 1.82) is 0 Å². The molecule has 3 rings (SSSR count). The van der Waals surface area contributed by atoms with E-state index in [0.717, 1.165) is 37.8 Å². The second-order valence-corrected chi connectivity index (χ2v) is 5.19. The fraction of sp³-hybridized carbons (Fsp3) is 0.615. The number of hydrogen-bond donors (Lipinski definition) is 2. The van der Waals surface area contributed by atoms with Crippen molar-refractivity contribution in [2.75, 3.05) is 36.5 Å². The van der Waals surface area contributed by atoms with Gasteiger partial charge in [-0.1, -0.05) is 0 Å². The van der Waals surface area contributed by atoms with Crippen molar-refractivity contribution in [2.45, 2.75) is 24.6 Å². The van der Waals surface area contributed by atoms with Crippen LogP contribution in [0.4, 0.5) is 11.5 Å². The van der Waals surface area contributed by atoms with Crippen molar-refractivity contribution in [3.05, 3.63) is 17.8 Å². The normalized spacial score (nSPS) is 19.9. The van der Waals surface area contributed by atoms with Crippen molar-refractivity contribution in [2.24, 2.45) is 0 Å². The van der Waals surface area contributed by atoms with E-state index in [4.69, 9.17) is 4.74 Å². The van der Waals surface area contributed by atoms with Gasteiger partial charge in [0, 0.05) is 36.6 Å². The predicted molar refractivity (Wildman–Crippen MR) is 76.6 cm³/mol. The Morgan fingerprint density at radius 1 is 1.33 bits per heavy atom. The minimum atomic E-state index is 0.630. The highest BCUT2D eigenvalue weighted by molar-refractivity contribution is 7.79. The van der Waals surface area contributed by atoms with Crippen LogP contribution in [0, 0.1) is 0 Å². The van der Waals surface area contributed by atoms with Crippen molar-refractivity contribution in [3.8, 4) is 0 Å². The van der Waals surface area contributed by atoms with Gasteiger partial charge in [-0.05, 0) is 18.9 Å². The van der Waals surface area contributed by atoms with Crippen LogP contribution in [-0.2, 0) is 10.5 Å². The molecule has 1 aliphatic heterocycles. The third-order valence-corrected chi connectivity index (χ3v) is 3.65. The monoisotopic (exact) mass is 265 g/mol. The zero-order valence-electron chi connectivity index (χ0n) is 10.4. The Morgan fingerprint density at radius 2 is 2.11 bits per heavy atom. The lowest BCUT2D eigenvalue weighted by Crippen LogP contribution is -2.36. The van der Waals surface area contributed by atoms with Gasteiger partial charge in [-0.15, -0.1) is 0 Å². The number of nitrogens with one attached hydrogen (secondary N) is 1. The number of morpholine rings is 1. The third-order valence-electron chi connectivity index (χ3n) is 3.33. The van der Waals surface area contributed by atoms with Crippen LogP contribution < -0.4 is 10.2 Å². The molecule has 5 heteroatoms. The topological polar surface area (TPSA) is 37.4 Å². The van der Waals surface area contributed by atoms with Crippen molar-refractivity contribution < 1.29 is 4.74 Å². The minimum Gasteiger partial charge on any atom is -0.378 e. The molecular formula is C13H19N3OS. The Hall–Kier alpha value is -0.940. The summed E-state index contributed by atoms with van der Waals surface area (Å²) >= 11 is 4.34. The molecule has 0 radical (unpaired) electrons. The van der Waals surface area contributed by atoms with Crippen LogP contribution in [0.25, 0.3) is 0 Å². The molecule has 0 spiro atoms. The Balaban J connectivity index is 1.81. The van der Waals surface area contributed by atoms with Gasteiger partial charge in [-0.3, -0.25) is 0 Å². The second kappa shape index (κ2) is 5.36. The first-order valence-corrected chi connectivity index (χ1v) is 7.19. The lowest BCUT2D eigenvalue weighted by atomic mass is 10.2. The van der Waals surface area contributed by atoms with Crippen LogP contribution in [0.15, 0.2) is 12.1 Å². The molecular weight excluding hydrogens is 246 g/mol. The molecule has 2 fully saturated rings. The highest BCUT2D eigenvalue weighted by Gasteiger charge is 2.22. The van der Waals surface area contributed by atoms with Crippen LogP contribution in [0.5, 0.6) is 0 Å². The number of hydrogen-bond acceptors (Lipinski definition) is 5. The van der Waals surface area contributed by atoms with Gasteiger partial charge in [0.15, 0.2) is 0 Å². The molecule has 1 aliphatic carbocycles. The molecule has 0 aromatic carbocycles. The molecule has 4 nitrogen and oxygen atoms in total. The van der Waals surface area contributed by atoms with Crippen molar-refractivity contribution in [3.63, 3.8) is 0 Å². The molecule has 0 atom stereocenters. The maximum Gasteiger partial charge on any atom is 0.128 e. The van der Waals surface area contributed by atoms with Gasteiger partial charge in [-0.25, -0.2) is 4.98 Å². The van der Waals surface area contributed by atoms with Crippen LogP contribution in [0.2, 0.25) is 0 Å². The maximum absolute atomic E-state index is 5.39. The Bertz CT molecular complexity index is 417. The Labute approximate surface area is 113 Å². The maximum atomic E-state index is 5.39. The number of thiol groups is 1. The number of rotatable bonds is 4. The van der Waals surface area contributed by atoms with E-state index in [-0.39, 0.29) is 0 Å². The summed E-state index contributed by atoms with van der Waals surface area (Å²) < 4.78 is 5.39. The summed E-state index contributed by atoms with van der Waals surface area (Å²) in [6.45, 7) is 3.53. The average molecular weight is 265 g/mol. The summed E-state index contributed by atoms with van der Waals surface area (Å²) in [6.07, 6.45) is 2.53. The van der Waals surface area contributed by atoms with E-state index in [1.54, 1.807) is 0 Å². The van der Waals surface area contributed by atoms with E-state index in [1.165, 1.54) is 18.5 Å². The lowest BCUT2D eigenvalue weighted by Gasteiger charge is -2.29. The molecule has 1 aromatic heterocycles. The molecule has 1 saturated carbocycles. The lowest BCUT2D eigenvalue weighted by molar-refractivity contribution is 0.122. The first-order chi connectivity index (χ1) is 8.85. The molecule has 1 aromatic rings. The van der Waals surface area contributed by atoms with Crippen molar-refractivity contribution in [1.82, 2.24) is 4.98 Å². The second-order valence-electron chi connectivity index (χ2n) is 4.88. The minimum absolute atomic E-state index is 0.630. The van der Waals surface area contributed by atoms with E-state index in [2.05, 4.69) is 40.0 Å². The largest absolute Gasteiger partial charge is 0.378 e. The summed E-state index contributed by atoms with van der Waals surface area (Å²) in [6, 6.07) is 4.91. The van der Waals surface area contributed by atoms with Crippen LogP contribution in [-0.4, -0.2) is 37.3 Å². The quantitative estimate of drug-likeness (QED) is 0.816. The predicted octanol–water partition coefficient (Wildman–Crippen LogP) is 1.92. The van der Waals surface area contributed by atoms with E-state index < -0.39 is 0 Å². The van der Waals surface area contributed by atoms with Gasteiger partial charge in [-0.2, -0.15) is 12.6 Å². The fourth-order valence-corrected chi connectivity index (χ4v) is 2.33. The van der Waals surface area contributed by atoms with Gasteiger partial charge in [0.1, 0.15) is 5.82 Å². The first kappa shape index (κ1) is 12.1. The summed E-state index contributed by atoms with van der Waals surface area (Å²) in [5, 5.41) is 3.47. The Kier molecular flexibility index (Phi) is 3.61. The summed E-state index contributed by atoms with van der Waals surface area (Å²) in [5.41, 5.74) is 2.27. The van der Waals surface area contributed by atoms with Gasteiger partial charge < -0.3 is 15.0 Å². The fourth-order valence-electron chi connectivity index (χ4n) is 2.17. The van der Waals surface area contributed by atoms with E-state index in [0.29, 0.717) is 11.8 Å². The first-order valence-electron chi connectivity index (χ1n) is 6.56. The Morgan fingerprint density at radius 3 is 2.78 bits per heavy atom. The molecule has 2 heterocycles.